The van der Waals surface area contributed by atoms with Gasteiger partial charge in [0.1, 0.15) is 23.7 Å². The van der Waals surface area contributed by atoms with Crippen molar-refractivity contribution in [3.05, 3.63) is 12.7 Å². The highest BCUT2D eigenvalue weighted by Gasteiger charge is 2.85. The Kier molecular flexibility index (Phi) is 12.9. The van der Waals surface area contributed by atoms with Crippen molar-refractivity contribution in [3.63, 3.8) is 0 Å². The van der Waals surface area contributed by atoms with Gasteiger partial charge in [0.2, 0.25) is 23.6 Å². The molecule has 15 heteroatoms. The number of fused-ring (bicyclic) bond motifs is 1. The van der Waals surface area contributed by atoms with Crippen molar-refractivity contribution in [1.82, 2.24) is 34.8 Å². The molecule has 348 valence electrons. The van der Waals surface area contributed by atoms with Gasteiger partial charge in [-0.3, -0.25) is 28.9 Å². The number of hydrogen-bond donors (Lipinski definition) is 4. The van der Waals surface area contributed by atoms with Gasteiger partial charge in [0.15, 0.2) is 0 Å². The van der Waals surface area contributed by atoms with E-state index in [0.717, 1.165) is 114 Å². The van der Waals surface area contributed by atoms with Crippen LogP contribution >= 0.6 is 0 Å². The van der Waals surface area contributed by atoms with Crippen molar-refractivity contribution in [2.45, 2.75) is 187 Å². The molecule has 4 N–H and O–H groups in total. The smallest absolute Gasteiger partial charge is 0.303 e. The van der Waals surface area contributed by atoms with Crippen LogP contribution in [0.5, 0.6) is 0 Å². The normalized spacial score (nSPS) is 32.6. The van der Waals surface area contributed by atoms with Crippen molar-refractivity contribution in [2.24, 2.45) is 33.0 Å². The van der Waals surface area contributed by atoms with Crippen LogP contribution in [0.3, 0.4) is 0 Å². The summed E-state index contributed by atoms with van der Waals surface area (Å²) in [5.41, 5.74) is -3.14. The van der Waals surface area contributed by atoms with E-state index in [1.54, 1.807) is 24.8 Å². The SMILES string of the molecule is C=C[C@@H]1C[C@]1(NC(=O)[C@@H]1C[C@@]2(CN1C(=O)[C@@H](NC(=O)[C@@H](NC(=O)[C@@H]1CCCN1CC)C1(C)CCCCC1)C1(C)CCCCC1)C(C)(C)C21CCC1)C(=O)NS(=O)(=O)N(CC)CC. The molecule has 5 aliphatic carbocycles. The number of nitrogens with one attached hydrogen (secondary N) is 4. The van der Waals surface area contributed by atoms with E-state index in [9.17, 15) is 22.8 Å². The van der Waals surface area contributed by atoms with Gasteiger partial charge in [-0.1, -0.05) is 99.5 Å². The standard InChI is InChI=1S/C47H77N7O7S/c1-9-32-29-47(32,41(59)51-62(60,61)53(11-3)12-4)50-38(56)34-30-46(42(5,6)45(46)26-20-27-45)31-54(34)40(58)36(44(8)24-17-14-18-25-44)49-39(57)35(43(7)22-15-13-16-23-43)48-37(55)33-21-19-28-52(33)10-2/h9,32-36H,1,10-31H2,2-8H3,(H,48,55)(H,49,57)(H,50,56)(H,51,59)/t32-,33+,34+,35-,36-,46-,47-/m1/s1. The fourth-order valence-electron chi connectivity index (χ4n) is 13.8. The second-order valence-electron chi connectivity index (χ2n) is 21.5. The van der Waals surface area contributed by atoms with Gasteiger partial charge in [-0.05, 0) is 99.0 Å². The Morgan fingerprint density at radius 1 is 0.742 bits per heavy atom. The zero-order valence-electron chi connectivity index (χ0n) is 38.8. The van der Waals surface area contributed by atoms with Gasteiger partial charge in [0, 0.05) is 31.0 Å². The lowest BCUT2D eigenvalue weighted by molar-refractivity contribution is -0.147. The molecule has 7 aliphatic rings. The maximum Gasteiger partial charge on any atom is 0.303 e. The number of carbonyl (C=O) groups excluding carboxylic acids is 5. The third kappa shape index (κ3) is 7.62. The fourth-order valence-corrected chi connectivity index (χ4v) is 15.0. The van der Waals surface area contributed by atoms with E-state index >= 15 is 9.59 Å². The van der Waals surface area contributed by atoms with Crippen LogP contribution in [0.1, 0.15) is 158 Å². The summed E-state index contributed by atoms with van der Waals surface area (Å²) in [4.78, 5) is 77.8. The second-order valence-corrected chi connectivity index (χ2v) is 23.1. The van der Waals surface area contributed by atoms with Gasteiger partial charge in [-0.15, -0.1) is 6.58 Å². The fraction of sp³-hybridized carbons (Fsp3) is 0.851. The maximum absolute atomic E-state index is 15.8. The van der Waals surface area contributed by atoms with Crippen LogP contribution in [0.15, 0.2) is 12.7 Å². The lowest BCUT2D eigenvalue weighted by Gasteiger charge is -2.45. The first-order valence-electron chi connectivity index (χ1n) is 24.2. The van der Waals surface area contributed by atoms with Crippen molar-refractivity contribution in [2.75, 3.05) is 32.7 Å². The Labute approximate surface area is 371 Å². The zero-order valence-corrected chi connectivity index (χ0v) is 39.7. The van der Waals surface area contributed by atoms with Crippen molar-refractivity contribution in [3.8, 4) is 0 Å². The van der Waals surface area contributed by atoms with Crippen LogP contribution in [0.2, 0.25) is 0 Å². The van der Waals surface area contributed by atoms with Crippen LogP contribution in [0, 0.1) is 33.0 Å². The molecule has 5 amide bonds. The lowest BCUT2D eigenvalue weighted by Crippen LogP contribution is -2.65. The van der Waals surface area contributed by atoms with Crippen LogP contribution in [-0.4, -0.2) is 114 Å². The number of amides is 5. The number of carbonyl (C=O) groups is 5. The monoisotopic (exact) mass is 884 g/mol. The van der Waals surface area contributed by atoms with E-state index in [-0.39, 0.29) is 59.5 Å². The Morgan fingerprint density at radius 3 is 1.84 bits per heavy atom. The third-order valence-electron chi connectivity index (χ3n) is 18.3. The molecular weight excluding hydrogens is 807 g/mol. The summed E-state index contributed by atoms with van der Waals surface area (Å²) in [6, 6.07) is -3.04. The molecule has 2 spiro atoms. The molecule has 7 atom stereocenters. The molecule has 62 heavy (non-hydrogen) atoms. The molecule has 0 radical (unpaired) electrons. The minimum atomic E-state index is -4.17. The Hall–Kier alpha value is -3.04. The highest BCUT2D eigenvalue weighted by atomic mass is 32.2. The number of likely N-dealkylation sites (tertiary alicyclic amines) is 2. The highest BCUT2D eigenvalue weighted by molar-refractivity contribution is 7.87. The Bertz CT molecular complexity index is 1880. The molecule has 2 aliphatic heterocycles. The molecule has 0 aromatic rings. The summed E-state index contributed by atoms with van der Waals surface area (Å²) in [6.45, 7) is 20.3. The largest absolute Gasteiger partial charge is 0.342 e. The van der Waals surface area contributed by atoms with E-state index in [1.165, 1.54) is 0 Å². The third-order valence-corrected chi connectivity index (χ3v) is 19.9. The molecule has 0 aromatic carbocycles. The quantitative estimate of drug-likeness (QED) is 0.158. The van der Waals surface area contributed by atoms with Crippen LogP contribution in [-0.2, 0) is 34.2 Å². The molecule has 5 saturated carbocycles. The summed E-state index contributed by atoms with van der Waals surface area (Å²) in [5, 5.41) is 9.59. The van der Waals surface area contributed by atoms with Gasteiger partial charge in [0.25, 0.3) is 5.91 Å². The average Bonchev–Trinajstić information content (AvgIpc) is 3.73. The molecule has 14 nitrogen and oxygen atoms in total. The number of hydrogen-bond acceptors (Lipinski definition) is 8. The van der Waals surface area contributed by atoms with Crippen LogP contribution in [0.4, 0.5) is 0 Å². The minimum Gasteiger partial charge on any atom is -0.342 e. The topological polar surface area (TPSA) is 177 Å². The van der Waals surface area contributed by atoms with E-state index < -0.39 is 62.4 Å². The van der Waals surface area contributed by atoms with Gasteiger partial charge >= 0.3 is 10.2 Å². The van der Waals surface area contributed by atoms with E-state index in [2.05, 4.69) is 66.8 Å². The zero-order chi connectivity index (χ0) is 45.1. The number of nitrogens with zero attached hydrogens (tertiary/aromatic N) is 3. The molecular formula is C47H77N7O7S. The molecule has 0 bridgehead atoms. The van der Waals surface area contributed by atoms with Crippen molar-refractivity contribution >= 4 is 39.7 Å². The summed E-state index contributed by atoms with van der Waals surface area (Å²) in [5.74, 6) is -2.60. The van der Waals surface area contributed by atoms with Crippen LogP contribution in [0.25, 0.3) is 0 Å². The first-order valence-corrected chi connectivity index (χ1v) is 25.6. The summed E-state index contributed by atoms with van der Waals surface area (Å²) in [6.07, 6.45) is 15.8. The van der Waals surface area contributed by atoms with E-state index in [0.29, 0.717) is 13.0 Å². The second kappa shape index (κ2) is 17.1. The first kappa shape index (κ1) is 46.9. The summed E-state index contributed by atoms with van der Waals surface area (Å²) < 4.78 is 29.9. The highest BCUT2D eigenvalue weighted by Crippen LogP contribution is 2.88. The summed E-state index contributed by atoms with van der Waals surface area (Å²) >= 11 is 0. The molecule has 0 aromatic heterocycles. The minimum absolute atomic E-state index is 0.0191. The molecule has 7 fully saturated rings. The lowest BCUT2D eigenvalue weighted by atomic mass is 9.68. The number of rotatable bonds is 16. The van der Waals surface area contributed by atoms with Gasteiger partial charge in [-0.25, -0.2) is 4.72 Å². The van der Waals surface area contributed by atoms with Gasteiger partial charge < -0.3 is 20.9 Å². The summed E-state index contributed by atoms with van der Waals surface area (Å²) in [7, 11) is -4.17. The predicted molar refractivity (Wildman–Crippen MR) is 238 cm³/mol. The first-order chi connectivity index (χ1) is 29.3. The average molecular weight is 884 g/mol. The number of likely N-dealkylation sites (N-methyl/N-ethyl adjacent to an activating group) is 1. The van der Waals surface area contributed by atoms with Crippen LogP contribution < -0.4 is 20.7 Å². The van der Waals surface area contributed by atoms with E-state index in [4.69, 9.17) is 0 Å². The van der Waals surface area contributed by atoms with Crippen molar-refractivity contribution in [1.29, 1.82) is 0 Å². The molecule has 2 heterocycles. The maximum atomic E-state index is 15.8. The Morgan fingerprint density at radius 2 is 1.34 bits per heavy atom. The Balaban J connectivity index is 1.21. The molecule has 0 unspecified atom stereocenters. The van der Waals surface area contributed by atoms with Crippen molar-refractivity contribution < 1.29 is 32.4 Å². The van der Waals surface area contributed by atoms with Gasteiger partial charge in [-0.2, -0.15) is 12.7 Å². The van der Waals surface area contributed by atoms with Gasteiger partial charge in [0.05, 0.1) is 6.04 Å². The molecule has 2 saturated heterocycles. The van der Waals surface area contributed by atoms with E-state index in [1.807, 2.05) is 0 Å². The molecule has 7 rings (SSSR count). The predicted octanol–water partition coefficient (Wildman–Crippen LogP) is 4.94.